The van der Waals surface area contributed by atoms with Crippen molar-refractivity contribution in [3.63, 3.8) is 0 Å². The van der Waals surface area contributed by atoms with Gasteiger partial charge in [0.15, 0.2) is 0 Å². The van der Waals surface area contributed by atoms with Crippen molar-refractivity contribution < 1.29 is 4.74 Å². The maximum absolute atomic E-state index is 5.96. The summed E-state index contributed by atoms with van der Waals surface area (Å²) in [4.78, 5) is 4.25. The molecule has 1 aromatic heterocycles. The summed E-state index contributed by atoms with van der Waals surface area (Å²) in [6.07, 6.45) is 8.29. The van der Waals surface area contributed by atoms with Gasteiger partial charge in [-0.05, 0) is 37.7 Å². The predicted molar refractivity (Wildman–Crippen MR) is 73.8 cm³/mol. The van der Waals surface area contributed by atoms with Crippen LogP contribution in [0.3, 0.4) is 0 Å². The van der Waals surface area contributed by atoms with Crippen LogP contribution in [0.2, 0.25) is 0 Å². The first-order valence-corrected chi connectivity index (χ1v) is 7.04. The smallest absolute Gasteiger partial charge is 0.140 e. The minimum Gasteiger partial charge on any atom is -0.491 e. The first-order valence-electron chi connectivity index (χ1n) is 6.41. The quantitative estimate of drug-likeness (QED) is 0.825. The summed E-state index contributed by atoms with van der Waals surface area (Å²) in [7, 11) is 0. The van der Waals surface area contributed by atoms with Crippen molar-refractivity contribution in [2.75, 3.05) is 12.4 Å². The highest BCUT2D eigenvalue weighted by Crippen LogP contribution is 2.37. The highest BCUT2D eigenvalue weighted by atomic mass is 32.1. The van der Waals surface area contributed by atoms with Crippen molar-refractivity contribution in [1.82, 2.24) is 4.98 Å². The summed E-state index contributed by atoms with van der Waals surface area (Å²) >= 11 is 4.53. The minimum atomic E-state index is 0.281. The van der Waals surface area contributed by atoms with Crippen LogP contribution in [0.1, 0.15) is 37.8 Å². The van der Waals surface area contributed by atoms with Gasteiger partial charge in [-0.3, -0.25) is 4.98 Å². The Balaban J connectivity index is 1.98. The van der Waals surface area contributed by atoms with Crippen LogP contribution in [0.4, 0.5) is 0 Å². The van der Waals surface area contributed by atoms with Crippen LogP contribution in [0.25, 0.3) is 0 Å². The van der Waals surface area contributed by atoms with Gasteiger partial charge in [0, 0.05) is 11.6 Å². The average Bonchev–Trinajstić information content (AvgIpc) is 2.39. The Hall–Kier alpha value is -0.700. The fourth-order valence-corrected chi connectivity index (χ4v) is 2.91. The second-order valence-corrected chi connectivity index (χ2v) is 5.41. The molecule has 0 atom stereocenters. The lowest BCUT2D eigenvalue weighted by atomic mass is 9.76. The number of thiol groups is 1. The van der Waals surface area contributed by atoms with Gasteiger partial charge in [-0.15, -0.1) is 0 Å². The second kappa shape index (κ2) is 5.76. The summed E-state index contributed by atoms with van der Waals surface area (Å²) in [6, 6.07) is 3.92. The van der Waals surface area contributed by atoms with Crippen LogP contribution in [0, 0.1) is 12.3 Å². The number of aromatic nitrogens is 1. The lowest BCUT2D eigenvalue weighted by molar-refractivity contribution is 0.120. The number of hydrogen-bond acceptors (Lipinski definition) is 3. The monoisotopic (exact) mass is 251 g/mol. The third kappa shape index (κ3) is 3.15. The standard InChI is InChI=1S/C14H21NOS/c1-12-13(6-5-9-15-12)16-10-14(11-17)7-3-2-4-8-14/h5-6,9,17H,2-4,7-8,10-11H2,1H3. The fourth-order valence-electron chi connectivity index (χ4n) is 2.50. The Morgan fingerprint density at radius 3 is 2.76 bits per heavy atom. The first-order chi connectivity index (χ1) is 8.26. The molecule has 2 nitrogen and oxygen atoms in total. The molecule has 3 heteroatoms. The molecule has 0 amide bonds. The van der Waals surface area contributed by atoms with Crippen LogP contribution in [0.5, 0.6) is 5.75 Å². The Labute approximate surface area is 109 Å². The van der Waals surface area contributed by atoms with E-state index in [0.29, 0.717) is 0 Å². The molecule has 0 bridgehead atoms. The molecular formula is C14H21NOS. The molecule has 0 N–H and O–H groups in total. The predicted octanol–water partition coefficient (Wildman–Crippen LogP) is 3.65. The van der Waals surface area contributed by atoms with E-state index in [1.54, 1.807) is 6.20 Å². The van der Waals surface area contributed by atoms with Crippen molar-refractivity contribution in [3.05, 3.63) is 24.0 Å². The van der Waals surface area contributed by atoms with Crippen LogP contribution in [0.15, 0.2) is 18.3 Å². The first kappa shape index (κ1) is 12.7. The molecule has 94 valence electrons. The van der Waals surface area contributed by atoms with Crippen molar-refractivity contribution in [2.24, 2.45) is 5.41 Å². The molecule has 0 spiro atoms. The maximum atomic E-state index is 5.96. The van der Waals surface area contributed by atoms with E-state index in [0.717, 1.165) is 23.8 Å². The highest BCUT2D eigenvalue weighted by Gasteiger charge is 2.31. The van der Waals surface area contributed by atoms with Gasteiger partial charge in [0.05, 0.1) is 12.3 Å². The van der Waals surface area contributed by atoms with E-state index in [2.05, 4.69) is 17.6 Å². The van der Waals surface area contributed by atoms with Gasteiger partial charge < -0.3 is 4.74 Å². The zero-order chi connectivity index (χ0) is 12.1. The normalized spacial score (nSPS) is 18.9. The molecule has 17 heavy (non-hydrogen) atoms. The number of pyridine rings is 1. The zero-order valence-corrected chi connectivity index (χ0v) is 11.4. The molecule has 1 aromatic rings. The largest absolute Gasteiger partial charge is 0.491 e. The van der Waals surface area contributed by atoms with Crippen molar-refractivity contribution in [1.29, 1.82) is 0 Å². The molecule has 1 aliphatic rings. The molecular weight excluding hydrogens is 230 g/mol. The molecule has 0 aliphatic heterocycles. The molecule has 0 unspecified atom stereocenters. The maximum Gasteiger partial charge on any atom is 0.140 e. The molecule has 1 heterocycles. The van der Waals surface area contributed by atoms with Crippen LogP contribution < -0.4 is 4.74 Å². The molecule has 0 radical (unpaired) electrons. The Kier molecular flexibility index (Phi) is 4.32. The van der Waals surface area contributed by atoms with Gasteiger partial charge in [-0.1, -0.05) is 19.3 Å². The second-order valence-electron chi connectivity index (χ2n) is 5.09. The van der Waals surface area contributed by atoms with E-state index >= 15 is 0 Å². The molecule has 1 aliphatic carbocycles. The SMILES string of the molecule is Cc1ncccc1OCC1(CS)CCCCC1. The Morgan fingerprint density at radius 2 is 2.12 bits per heavy atom. The van der Waals surface area contributed by atoms with Gasteiger partial charge in [-0.2, -0.15) is 12.6 Å². The Bertz CT molecular complexity index is 361. The summed E-state index contributed by atoms with van der Waals surface area (Å²) < 4.78 is 5.96. The summed E-state index contributed by atoms with van der Waals surface area (Å²) in [5, 5.41) is 0. The number of nitrogens with zero attached hydrogens (tertiary/aromatic N) is 1. The summed E-state index contributed by atoms with van der Waals surface area (Å²) in [5.41, 5.74) is 1.25. The summed E-state index contributed by atoms with van der Waals surface area (Å²) in [6.45, 7) is 2.77. The van der Waals surface area contributed by atoms with Gasteiger partial charge >= 0.3 is 0 Å². The summed E-state index contributed by atoms with van der Waals surface area (Å²) in [5.74, 6) is 1.84. The lowest BCUT2D eigenvalue weighted by Crippen LogP contribution is -2.33. The molecule has 2 rings (SSSR count). The number of rotatable bonds is 4. The van der Waals surface area contributed by atoms with Crippen LogP contribution >= 0.6 is 12.6 Å². The third-order valence-corrected chi connectivity index (χ3v) is 4.41. The highest BCUT2D eigenvalue weighted by molar-refractivity contribution is 7.80. The van der Waals surface area contributed by atoms with Crippen molar-refractivity contribution in [2.45, 2.75) is 39.0 Å². The fraction of sp³-hybridized carbons (Fsp3) is 0.643. The van der Waals surface area contributed by atoms with Crippen LogP contribution in [-0.4, -0.2) is 17.3 Å². The van der Waals surface area contributed by atoms with Gasteiger partial charge in [0.1, 0.15) is 5.75 Å². The van der Waals surface area contributed by atoms with Crippen molar-refractivity contribution >= 4 is 12.6 Å². The van der Waals surface area contributed by atoms with E-state index in [9.17, 15) is 0 Å². The molecule has 0 aromatic carbocycles. The molecule has 1 saturated carbocycles. The number of aryl methyl sites for hydroxylation is 1. The number of hydrogen-bond donors (Lipinski definition) is 1. The third-order valence-electron chi connectivity index (χ3n) is 3.74. The average molecular weight is 251 g/mol. The van der Waals surface area contributed by atoms with Gasteiger partial charge in [0.2, 0.25) is 0 Å². The van der Waals surface area contributed by atoms with E-state index in [4.69, 9.17) is 4.74 Å². The number of ether oxygens (including phenoxy) is 1. The molecule has 1 fully saturated rings. The topological polar surface area (TPSA) is 22.1 Å². The minimum absolute atomic E-state index is 0.281. The Morgan fingerprint density at radius 1 is 1.35 bits per heavy atom. The van der Waals surface area contributed by atoms with Gasteiger partial charge in [-0.25, -0.2) is 0 Å². The van der Waals surface area contributed by atoms with Crippen LogP contribution in [-0.2, 0) is 0 Å². The van der Waals surface area contributed by atoms with E-state index in [1.807, 2.05) is 19.1 Å². The van der Waals surface area contributed by atoms with E-state index in [1.165, 1.54) is 32.1 Å². The zero-order valence-electron chi connectivity index (χ0n) is 10.5. The lowest BCUT2D eigenvalue weighted by Gasteiger charge is -2.35. The van der Waals surface area contributed by atoms with E-state index < -0.39 is 0 Å². The molecule has 0 saturated heterocycles. The van der Waals surface area contributed by atoms with Crippen molar-refractivity contribution in [3.8, 4) is 5.75 Å². The van der Waals surface area contributed by atoms with E-state index in [-0.39, 0.29) is 5.41 Å². The van der Waals surface area contributed by atoms with Gasteiger partial charge in [0.25, 0.3) is 0 Å².